The minimum absolute atomic E-state index is 0.0439. The first-order chi connectivity index (χ1) is 20.1. The highest BCUT2D eigenvalue weighted by Gasteiger charge is 2.37. The highest BCUT2D eigenvalue weighted by Crippen LogP contribution is 2.43. The van der Waals surface area contributed by atoms with Crippen LogP contribution in [-0.4, -0.2) is 50.7 Å². The van der Waals surface area contributed by atoms with Crippen LogP contribution in [0.15, 0.2) is 48.9 Å². The second-order valence-corrected chi connectivity index (χ2v) is 11.7. The van der Waals surface area contributed by atoms with E-state index in [4.69, 9.17) is 5.73 Å². The maximum atomic E-state index is 15.3. The van der Waals surface area contributed by atoms with Crippen molar-refractivity contribution >= 4 is 17.1 Å². The third-order valence-corrected chi connectivity index (χ3v) is 8.62. The van der Waals surface area contributed by atoms with E-state index in [9.17, 15) is 4.79 Å². The fraction of sp³-hybridized carbons (Fsp3) is 0.419. The van der Waals surface area contributed by atoms with Gasteiger partial charge in [-0.2, -0.15) is 5.10 Å². The number of carbonyl (C=O) groups is 1. The van der Waals surface area contributed by atoms with Crippen molar-refractivity contribution in [2.24, 2.45) is 11.7 Å². The van der Waals surface area contributed by atoms with Crippen molar-refractivity contribution in [1.29, 1.82) is 0 Å². The van der Waals surface area contributed by atoms with Crippen LogP contribution in [0.3, 0.4) is 0 Å². The van der Waals surface area contributed by atoms with Gasteiger partial charge in [-0.05, 0) is 67.5 Å². The standard InChI is InChI=1S/C31H34F3N7O/c1-18-16-40(17-25(35)30(18)38-19(2)42)27-7-10-36-14-20(27)11-28-37-15-22-5-6-26(39-41(22)28)29-23(32)12-21(13-24(29)33)31(34)8-3-4-9-31/h5-7,10,12-15,18,25,30H,3-4,8-9,11,16-17,35H2,1-2H3,(H,38,42)/t18-,25+,30-/m0/s1. The summed E-state index contributed by atoms with van der Waals surface area (Å²) in [7, 11) is 0. The molecule has 4 heterocycles. The molecule has 1 saturated heterocycles. The zero-order valence-corrected chi connectivity index (χ0v) is 23.7. The molecule has 0 bridgehead atoms. The number of piperidine rings is 1. The molecular formula is C31H34F3N7O. The molecule has 220 valence electrons. The molecule has 42 heavy (non-hydrogen) atoms. The van der Waals surface area contributed by atoms with Crippen LogP contribution in [0.4, 0.5) is 18.9 Å². The molecule has 0 unspecified atom stereocenters. The summed E-state index contributed by atoms with van der Waals surface area (Å²) in [6.07, 6.45) is 7.43. The molecular weight excluding hydrogens is 543 g/mol. The summed E-state index contributed by atoms with van der Waals surface area (Å²) < 4.78 is 47.4. The Morgan fingerprint density at radius 3 is 2.55 bits per heavy atom. The number of nitrogens with two attached hydrogens (primary N) is 1. The van der Waals surface area contributed by atoms with Gasteiger partial charge in [0.1, 0.15) is 23.1 Å². The normalized spacial score (nSPS) is 22.0. The fourth-order valence-electron chi connectivity index (χ4n) is 6.53. The highest BCUT2D eigenvalue weighted by molar-refractivity contribution is 5.73. The molecule has 6 rings (SSSR count). The van der Waals surface area contributed by atoms with Crippen molar-refractivity contribution in [2.45, 2.75) is 63.7 Å². The van der Waals surface area contributed by atoms with Crippen LogP contribution in [-0.2, 0) is 16.9 Å². The molecule has 1 saturated carbocycles. The van der Waals surface area contributed by atoms with E-state index in [0.29, 0.717) is 43.7 Å². The van der Waals surface area contributed by atoms with Crippen molar-refractivity contribution in [3.63, 3.8) is 0 Å². The molecule has 2 fully saturated rings. The van der Waals surface area contributed by atoms with Crippen LogP contribution in [0.2, 0.25) is 0 Å². The predicted molar refractivity (Wildman–Crippen MR) is 154 cm³/mol. The number of carbonyl (C=O) groups excluding carboxylic acids is 1. The van der Waals surface area contributed by atoms with Crippen LogP contribution in [0.25, 0.3) is 16.8 Å². The summed E-state index contributed by atoms with van der Waals surface area (Å²) >= 11 is 0. The predicted octanol–water partition coefficient (Wildman–Crippen LogP) is 4.69. The smallest absolute Gasteiger partial charge is 0.217 e. The number of fused-ring (bicyclic) bond motifs is 1. The number of anilines is 1. The number of nitrogens with zero attached hydrogens (tertiary/aromatic N) is 5. The molecule has 8 nitrogen and oxygen atoms in total. The zero-order chi connectivity index (χ0) is 29.6. The zero-order valence-electron chi connectivity index (χ0n) is 23.7. The third kappa shape index (κ3) is 5.21. The van der Waals surface area contributed by atoms with E-state index >= 15 is 13.2 Å². The quantitative estimate of drug-likeness (QED) is 0.345. The van der Waals surface area contributed by atoms with Gasteiger partial charge in [-0.15, -0.1) is 0 Å². The van der Waals surface area contributed by atoms with Gasteiger partial charge in [0.2, 0.25) is 5.91 Å². The van der Waals surface area contributed by atoms with E-state index < -0.39 is 17.3 Å². The van der Waals surface area contributed by atoms with Crippen LogP contribution >= 0.6 is 0 Å². The number of rotatable bonds is 6. The molecule has 0 radical (unpaired) electrons. The molecule has 1 aliphatic heterocycles. The lowest BCUT2D eigenvalue weighted by Gasteiger charge is -2.43. The van der Waals surface area contributed by atoms with Crippen LogP contribution in [0.5, 0.6) is 0 Å². The minimum Gasteiger partial charge on any atom is -0.369 e. The van der Waals surface area contributed by atoms with Crippen molar-refractivity contribution in [3.05, 3.63) is 77.5 Å². The van der Waals surface area contributed by atoms with Gasteiger partial charge in [0, 0.05) is 62.2 Å². The Hall–Kier alpha value is -3.99. The molecule has 3 atom stereocenters. The van der Waals surface area contributed by atoms with Gasteiger partial charge in [-0.25, -0.2) is 22.7 Å². The Kier molecular flexibility index (Phi) is 7.38. The molecule has 1 aromatic carbocycles. The van der Waals surface area contributed by atoms with Crippen LogP contribution in [0, 0.1) is 17.6 Å². The summed E-state index contributed by atoms with van der Waals surface area (Å²) in [6, 6.07) is 7.01. The Morgan fingerprint density at radius 1 is 1.12 bits per heavy atom. The van der Waals surface area contributed by atoms with Gasteiger partial charge in [-0.3, -0.25) is 9.78 Å². The van der Waals surface area contributed by atoms with Crippen molar-refractivity contribution in [3.8, 4) is 11.3 Å². The lowest BCUT2D eigenvalue weighted by Crippen LogP contribution is -2.61. The van der Waals surface area contributed by atoms with Gasteiger partial charge in [0.05, 0.1) is 23.0 Å². The first-order valence-electron chi connectivity index (χ1n) is 14.4. The second kappa shape index (κ2) is 11.0. The number of hydrogen-bond donors (Lipinski definition) is 2. The fourth-order valence-corrected chi connectivity index (χ4v) is 6.53. The molecule has 2 aliphatic rings. The molecule has 1 aliphatic carbocycles. The van der Waals surface area contributed by atoms with E-state index in [2.05, 4.69) is 32.2 Å². The van der Waals surface area contributed by atoms with E-state index in [1.165, 1.54) is 6.92 Å². The SMILES string of the molecule is CC(=O)N[C@@H]1[C@H](N)CN(c2ccncc2Cc2ncc3ccc(-c4c(F)cc(C5(F)CCCC5)cc4F)nn23)C[C@@H]1C. The van der Waals surface area contributed by atoms with E-state index in [-0.39, 0.29) is 53.6 Å². The van der Waals surface area contributed by atoms with Gasteiger partial charge in [0.15, 0.2) is 0 Å². The third-order valence-electron chi connectivity index (χ3n) is 8.62. The van der Waals surface area contributed by atoms with Crippen molar-refractivity contribution < 1.29 is 18.0 Å². The van der Waals surface area contributed by atoms with Crippen LogP contribution < -0.4 is 16.0 Å². The summed E-state index contributed by atoms with van der Waals surface area (Å²) in [5.41, 5.74) is 7.11. The molecule has 3 N–H and O–H groups in total. The van der Waals surface area contributed by atoms with Gasteiger partial charge >= 0.3 is 0 Å². The van der Waals surface area contributed by atoms with E-state index in [1.54, 1.807) is 35.2 Å². The van der Waals surface area contributed by atoms with Gasteiger partial charge < -0.3 is 16.0 Å². The van der Waals surface area contributed by atoms with E-state index in [1.807, 2.05) is 6.07 Å². The largest absolute Gasteiger partial charge is 0.369 e. The number of halogens is 3. The first kappa shape index (κ1) is 28.1. The van der Waals surface area contributed by atoms with Crippen LogP contribution in [0.1, 0.15) is 56.5 Å². The topological polar surface area (TPSA) is 101 Å². The summed E-state index contributed by atoms with van der Waals surface area (Å²) in [5, 5.41) is 7.53. The Morgan fingerprint density at radius 2 is 1.86 bits per heavy atom. The van der Waals surface area contributed by atoms with E-state index in [0.717, 1.165) is 23.4 Å². The Bertz CT molecular complexity index is 1600. The first-order valence-corrected chi connectivity index (χ1v) is 14.4. The lowest BCUT2D eigenvalue weighted by atomic mass is 9.89. The number of hydrogen-bond acceptors (Lipinski definition) is 6. The number of amides is 1. The number of imidazole rings is 1. The molecule has 3 aromatic heterocycles. The Labute approximate surface area is 242 Å². The lowest BCUT2D eigenvalue weighted by molar-refractivity contribution is -0.120. The summed E-state index contributed by atoms with van der Waals surface area (Å²) in [4.78, 5) is 22.7. The highest BCUT2D eigenvalue weighted by atomic mass is 19.1. The number of aromatic nitrogens is 4. The monoisotopic (exact) mass is 577 g/mol. The number of pyridine rings is 1. The summed E-state index contributed by atoms with van der Waals surface area (Å²) in [6.45, 7) is 4.79. The average molecular weight is 578 g/mol. The van der Waals surface area contributed by atoms with Crippen molar-refractivity contribution in [2.75, 3.05) is 18.0 Å². The number of benzene rings is 1. The van der Waals surface area contributed by atoms with Gasteiger partial charge in [0.25, 0.3) is 0 Å². The van der Waals surface area contributed by atoms with Gasteiger partial charge in [-0.1, -0.05) is 6.92 Å². The molecule has 0 spiro atoms. The summed E-state index contributed by atoms with van der Waals surface area (Å²) in [5.74, 6) is -1.10. The average Bonchev–Trinajstić information content (AvgIpc) is 3.57. The molecule has 11 heteroatoms. The minimum atomic E-state index is -1.70. The maximum absolute atomic E-state index is 15.3. The number of nitrogens with one attached hydrogen (secondary N) is 1. The number of alkyl halides is 1. The molecule has 1 amide bonds. The molecule has 4 aromatic rings. The second-order valence-electron chi connectivity index (χ2n) is 11.7. The maximum Gasteiger partial charge on any atom is 0.217 e. The Balaban J connectivity index is 1.30. The van der Waals surface area contributed by atoms with Crippen molar-refractivity contribution in [1.82, 2.24) is 24.9 Å².